The molecule has 0 bridgehead atoms. The summed E-state index contributed by atoms with van der Waals surface area (Å²) in [6.45, 7) is 2.88. The van der Waals surface area contributed by atoms with Gasteiger partial charge in [-0.1, -0.05) is 26.2 Å². The number of unbranched alkanes of at least 4 members (excludes halogenated alkanes) is 3. The fraction of sp³-hybridized carbons (Fsp3) is 0.400. The van der Waals surface area contributed by atoms with E-state index in [9.17, 15) is 0 Å². The minimum absolute atomic E-state index is 0.0498. The molecule has 0 aliphatic heterocycles. The second-order valence-electron chi connectivity index (χ2n) is 4.56. The number of hydrogen-bond donors (Lipinski definition) is 1. The van der Waals surface area contributed by atoms with E-state index in [1.165, 1.54) is 31.7 Å². The highest BCUT2D eigenvalue weighted by Crippen LogP contribution is 2.17. The van der Waals surface area contributed by atoms with Gasteiger partial charge in [0, 0.05) is 17.8 Å². The highest BCUT2D eigenvalue weighted by atomic mass is 16.5. The van der Waals surface area contributed by atoms with E-state index in [0.717, 1.165) is 12.0 Å². The molecule has 0 spiro atoms. The summed E-state index contributed by atoms with van der Waals surface area (Å²) in [7, 11) is 0. The number of hydrogen-bond acceptors (Lipinski definition) is 5. The van der Waals surface area contributed by atoms with E-state index >= 15 is 0 Å². The van der Waals surface area contributed by atoms with Crippen LogP contribution in [0.1, 0.15) is 32.6 Å². The van der Waals surface area contributed by atoms with Crippen LogP contribution in [0, 0.1) is 0 Å². The van der Waals surface area contributed by atoms with Crippen molar-refractivity contribution in [2.75, 3.05) is 6.61 Å². The molecule has 2 aromatic heterocycles. The van der Waals surface area contributed by atoms with Crippen molar-refractivity contribution in [2.45, 2.75) is 32.6 Å². The van der Waals surface area contributed by atoms with E-state index < -0.39 is 0 Å². The molecule has 20 heavy (non-hydrogen) atoms. The summed E-state index contributed by atoms with van der Waals surface area (Å²) in [6.07, 6.45) is 9.11. The third kappa shape index (κ3) is 4.19. The lowest BCUT2D eigenvalue weighted by molar-refractivity contribution is 0.294. The standard InChI is InChI=1S/C15H19N3O2/c1-2-3-4-5-8-20-14-7-6-12(9-16-14)15-17-10-13(19)11-18-15/h6-7,9-11,19H,2-5,8H2,1H3. The zero-order valence-electron chi connectivity index (χ0n) is 11.6. The van der Waals surface area contributed by atoms with Gasteiger partial charge in [-0.3, -0.25) is 0 Å². The van der Waals surface area contributed by atoms with Crippen molar-refractivity contribution in [3.63, 3.8) is 0 Å². The van der Waals surface area contributed by atoms with Crippen LogP contribution in [0.15, 0.2) is 30.7 Å². The van der Waals surface area contributed by atoms with Gasteiger partial charge in [0.15, 0.2) is 11.6 Å². The maximum absolute atomic E-state index is 9.15. The number of aromatic hydroxyl groups is 1. The predicted octanol–water partition coefficient (Wildman–Crippen LogP) is 3.20. The Hall–Kier alpha value is -2.17. The maximum atomic E-state index is 9.15. The van der Waals surface area contributed by atoms with Crippen LogP contribution in [0.2, 0.25) is 0 Å². The van der Waals surface area contributed by atoms with Crippen LogP contribution in [-0.2, 0) is 0 Å². The first-order chi connectivity index (χ1) is 9.79. The minimum atomic E-state index is 0.0498. The summed E-state index contributed by atoms with van der Waals surface area (Å²) >= 11 is 0. The van der Waals surface area contributed by atoms with E-state index in [1.807, 2.05) is 12.1 Å². The second kappa shape index (κ2) is 7.43. The highest BCUT2D eigenvalue weighted by molar-refractivity contribution is 5.53. The molecule has 5 nitrogen and oxygen atoms in total. The smallest absolute Gasteiger partial charge is 0.213 e. The van der Waals surface area contributed by atoms with Crippen LogP contribution < -0.4 is 4.74 Å². The van der Waals surface area contributed by atoms with Gasteiger partial charge in [0.25, 0.3) is 0 Å². The molecule has 0 aromatic carbocycles. The molecule has 0 unspecified atom stereocenters. The third-order valence-corrected chi connectivity index (χ3v) is 2.88. The zero-order chi connectivity index (χ0) is 14.2. The number of rotatable bonds is 7. The van der Waals surface area contributed by atoms with Gasteiger partial charge in [-0.2, -0.15) is 0 Å². The van der Waals surface area contributed by atoms with Crippen molar-refractivity contribution < 1.29 is 9.84 Å². The third-order valence-electron chi connectivity index (χ3n) is 2.88. The Balaban J connectivity index is 1.88. The van der Waals surface area contributed by atoms with E-state index in [2.05, 4.69) is 21.9 Å². The lowest BCUT2D eigenvalue weighted by Gasteiger charge is -2.05. The molecule has 2 aromatic rings. The summed E-state index contributed by atoms with van der Waals surface area (Å²) in [6, 6.07) is 3.67. The van der Waals surface area contributed by atoms with Crippen LogP contribution >= 0.6 is 0 Å². The van der Waals surface area contributed by atoms with Crippen molar-refractivity contribution in [3.8, 4) is 23.0 Å². The molecule has 0 saturated carbocycles. The number of nitrogens with zero attached hydrogens (tertiary/aromatic N) is 3. The van der Waals surface area contributed by atoms with Gasteiger partial charge in [-0.05, 0) is 12.5 Å². The SMILES string of the molecule is CCCCCCOc1ccc(-c2ncc(O)cn2)cn1. The summed E-state index contributed by atoms with van der Waals surface area (Å²) < 4.78 is 5.57. The largest absolute Gasteiger partial charge is 0.505 e. The molecule has 0 atom stereocenters. The second-order valence-corrected chi connectivity index (χ2v) is 4.56. The molecule has 1 N–H and O–H groups in total. The average Bonchev–Trinajstić information content (AvgIpc) is 2.49. The Kier molecular flexibility index (Phi) is 5.29. The zero-order valence-corrected chi connectivity index (χ0v) is 11.6. The van der Waals surface area contributed by atoms with E-state index in [0.29, 0.717) is 18.3 Å². The van der Waals surface area contributed by atoms with Gasteiger partial charge in [-0.15, -0.1) is 0 Å². The van der Waals surface area contributed by atoms with Crippen LogP contribution in [0.4, 0.5) is 0 Å². The Morgan fingerprint density at radius 3 is 2.45 bits per heavy atom. The molecule has 0 radical (unpaired) electrons. The van der Waals surface area contributed by atoms with Gasteiger partial charge in [0.2, 0.25) is 5.88 Å². The molecule has 106 valence electrons. The molecule has 2 heterocycles. The predicted molar refractivity (Wildman–Crippen MR) is 76.6 cm³/mol. The summed E-state index contributed by atoms with van der Waals surface area (Å²) in [5, 5.41) is 9.15. The molecule has 0 aliphatic carbocycles. The van der Waals surface area contributed by atoms with Crippen molar-refractivity contribution >= 4 is 0 Å². The quantitative estimate of drug-likeness (QED) is 0.784. The van der Waals surface area contributed by atoms with E-state index in [4.69, 9.17) is 9.84 Å². The first-order valence-corrected chi connectivity index (χ1v) is 6.90. The summed E-state index contributed by atoms with van der Waals surface area (Å²) in [5.41, 5.74) is 0.795. The monoisotopic (exact) mass is 273 g/mol. The molecular weight excluding hydrogens is 254 g/mol. The average molecular weight is 273 g/mol. The first-order valence-electron chi connectivity index (χ1n) is 6.90. The molecule has 2 rings (SSSR count). The normalized spacial score (nSPS) is 10.4. The molecule has 0 fully saturated rings. The lowest BCUT2D eigenvalue weighted by atomic mass is 10.2. The Labute approximate surface area is 118 Å². The van der Waals surface area contributed by atoms with Crippen molar-refractivity contribution in [2.24, 2.45) is 0 Å². The fourth-order valence-electron chi connectivity index (χ4n) is 1.77. The fourth-order valence-corrected chi connectivity index (χ4v) is 1.77. The van der Waals surface area contributed by atoms with Crippen molar-refractivity contribution in [3.05, 3.63) is 30.7 Å². The van der Waals surface area contributed by atoms with Crippen LogP contribution in [0.25, 0.3) is 11.4 Å². The lowest BCUT2D eigenvalue weighted by Crippen LogP contribution is -1.99. The first kappa shape index (κ1) is 14.2. The Morgan fingerprint density at radius 1 is 1.00 bits per heavy atom. The van der Waals surface area contributed by atoms with Crippen LogP contribution in [0.5, 0.6) is 11.6 Å². The van der Waals surface area contributed by atoms with Gasteiger partial charge >= 0.3 is 0 Å². The molecule has 0 aliphatic rings. The molecule has 0 saturated heterocycles. The summed E-state index contributed by atoms with van der Waals surface area (Å²) in [4.78, 5) is 12.3. The Bertz CT molecular complexity index is 512. The van der Waals surface area contributed by atoms with Crippen molar-refractivity contribution in [1.29, 1.82) is 0 Å². The number of pyridine rings is 1. The van der Waals surface area contributed by atoms with Crippen LogP contribution in [0.3, 0.4) is 0 Å². The molecule has 0 amide bonds. The van der Waals surface area contributed by atoms with E-state index in [-0.39, 0.29) is 5.75 Å². The van der Waals surface area contributed by atoms with Gasteiger partial charge in [-0.25, -0.2) is 15.0 Å². The minimum Gasteiger partial charge on any atom is -0.505 e. The Morgan fingerprint density at radius 2 is 1.80 bits per heavy atom. The summed E-state index contributed by atoms with van der Waals surface area (Å²) in [5.74, 6) is 1.20. The van der Waals surface area contributed by atoms with E-state index in [1.54, 1.807) is 6.20 Å². The van der Waals surface area contributed by atoms with Crippen LogP contribution in [-0.4, -0.2) is 26.7 Å². The number of ether oxygens (including phenoxy) is 1. The van der Waals surface area contributed by atoms with Crippen molar-refractivity contribution in [1.82, 2.24) is 15.0 Å². The molecular formula is C15H19N3O2. The maximum Gasteiger partial charge on any atom is 0.213 e. The van der Waals surface area contributed by atoms with Gasteiger partial charge in [0.1, 0.15) is 0 Å². The molecule has 5 heteroatoms. The highest BCUT2D eigenvalue weighted by Gasteiger charge is 2.03. The van der Waals surface area contributed by atoms with Gasteiger partial charge in [0.05, 0.1) is 19.0 Å². The topological polar surface area (TPSA) is 68.1 Å². The van der Waals surface area contributed by atoms with Gasteiger partial charge < -0.3 is 9.84 Å². The number of aromatic nitrogens is 3.